The summed E-state index contributed by atoms with van der Waals surface area (Å²) in [5, 5.41) is -0.300. The van der Waals surface area contributed by atoms with Crippen LogP contribution in [0.5, 0.6) is 0 Å². The van der Waals surface area contributed by atoms with Crippen LogP contribution in [0.15, 0.2) is 0 Å². The van der Waals surface area contributed by atoms with Crippen LogP contribution in [0, 0.1) is 5.92 Å². The first-order valence-electron chi connectivity index (χ1n) is 8.18. The van der Waals surface area contributed by atoms with Gasteiger partial charge in [0.1, 0.15) is 5.37 Å². The van der Waals surface area contributed by atoms with E-state index >= 15 is 0 Å². The maximum Gasteiger partial charge on any atom is 0.238 e. The number of imide groups is 1. The highest BCUT2D eigenvalue weighted by Gasteiger charge is 2.55. The van der Waals surface area contributed by atoms with Crippen molar-refractivity contribution in [3.63, 3.8) is 0 Å². The molecule has 0 saturated carbocycles. The van der Waals surface area contributed by atoms with Crippen LogP contribution in [0.25, 0.3) is 0 Å². The predicted octanol–water partition coefficient (Wildman–Crippen LogP) is 3.78. The monoisotopic (exact) mass is 391 g/mol. The van der Waals surface area contributed by atoms with Gasteiger partial charge in [0.2, 0.25) is 16.2 Å². The molecule has 2 amide bonds. The van der Waals surface area contributed by atoms with Crippen molar-refractivity contribution in [2.24, 2.45) is 5.92 Å². The number of β-lactam (4-membered cyclic amide) rings is 1. The first kappa shape index (κ1) is 21.6. The van der Waals surface area contributed by atoms with E-state index in [4.69, 9.17) is 21.4 Å². The van der Waals surface area contributed by atoms with Crippen LogP contribution in [-0.4, -0.2) is 47.5 Å². The van der Waals surface area contributed by atoms with Crippen LogP contribution in [0.3, 0.4) is 0 Å². The number of amides is 2. The van der Waals surface area contributed by atoms with Crippen molar-refractivity contribution in [3.8, 4) is 0 Å². The number of carbonyl (C=O) groups is 2. The summed E-state index contributed by atoms with van der Waals surface area (Å²) in [5.74, 6) is -0.843. The first-order valence-corrected chi connectivity index (χ1v) is 12.4. The number of rotatable bonds is 5. The van der Waals surface area contributed by atoms with E-state index in [1.54, 1.807) is 0 Å². The molecule has 0 bridgehead atoms. The number of ether oxygens (including phenoxy) is 1. The van der Waals surface area contributed by atoms with Gasteiger partial charge in [-0.1, -0.05) is 20.8 Å². The third-order valence-electron chi connectivity index (χ3n) is 4.70. The fourth-order valence-electron chi connectivity index (χ4n) is 2.34. The van der Waals surface area contributed by atoms with Gasteiger partial charge in [-0.3, -0.25) is 14.5 Å². The van der Waals surface area contributed by atoms with Gasteiger partial charge in [0.05, 0.1) is 18.6 Å². The minimum absolute atomic E-state index is 0.0532. The van der Waals surface area contributed by atoms with E-state index in [-0.39, 0.29) is 34.2 Å². The zero-order valence-corrected chi connectivity index (χ0v) is 18.5. The molecule has 1 aliphatic heterocycles. The smallest absolute Gasteiger partial charge is 0.238 e. The van der Waals surface area contributed by atoms with Gasteiger partial charge in [-0.15, -0.1) is 0 Å². The summed E-state index contributed by atoms with van der Waals surface area (Å²) < 4.78 is 12.0. The molecule has 0 aliphatic carbocycles. The van der Waals surface area contributed by atoms with Crippen molar-refractivity contribution >= 4 is 48.5 Å². The van der Waals surface area contributed by atoms with Gasteiger partial charge in [-0.2, -0.15) is 0 Å². The van der Waals surface area contributed by atoms with Gasteiger partial charge in [0.25, 0.3) is 0 Å². The highest BCUT2D eigenvalue weighted by atomic mass is 32.2. The van der Waals surface area contributed by atoms with E-state index in [2.05, 4.69) is 33.9 Å². The van der Waals surface area contributed by atoms with Crippen LogP contribution in [0.2, 0.25) is 18.1 Å². The van der Waals surface area contributed by atoms with Crippen LogP contribution in [0.4, 0.5) is 0 Å². The van der Waals surface area contributed by atoms with E-state index in [0.717, 1.165) is 0 Å². The van der Waals surface area contributed by atoms with Gasteiger partial charge >= 0.3 is 0 Å². The number of thiocarbonyl (C=S) groups is 1. The summed E-state index contributed by atoms with van der Waals surface area (Å²) in [6, 6.07) is 0. The maximum absolute atomic E-state index is 12.5. The lowest BCUT2D eigenvalue weighted by molar-refractivity contribution is -0.164. The third kappa shape index (κ3) is 4.59. The van der Waals surface area contributed by atoms with E-state index < -0.39 is 8.32 Å². The minimum Gasteiger partial charge on any atom is -0.479 e. The number of thioether (sulfide) groups is 1. The van der Waals surface area contributed by atoms with Gasteiger partial charge < -0.3 is 9.16 Å². The standard InChI is InChI=1S/C16H29NO4S2Si/c1-9-20-15(22)23-14-12(13(19)17(14)11(3)18)10(2)21-24(7,8)16(4,5)6/h10,12,14H,9H2,1-8H3/t10-,12+,14-/m1/s1. The van der Waals surface area contributed by atoms with Gasteiger partial charge in [0, 0.05) is 6.92 Å². The second kappa shape index (κ2) is 7.84. The molecule has 0 radical (unpaired) electrons. The Balaban J connectivity index is 2.92. The zero-order valence-electron chi connectivity index (χ0n) is 15.8. The second-order valence-corrected chi connectivity index (χ2v) is 14.0. The molecule has 0 aromatic carbocycles. The quantitative estimate of drug-likeness (QED) is 0.404. The molecule has 1 rings (SSSR count). The Hall–Kier alpha value is -0.443. The summed E-state index contributed by atoms with van der Waals surface area (Å²) in [6.45, 7) is 16.4. The van der Waals surface area contributed by atoms with E-state index in [1.165, 1.54) is 23.6 Å². The summed E-state index contributed by atoms with van der Waals surface area (Å²) in [7, 11) is -2.01. The highest BCUT2D eigenvalue weighted by molar-refractivity contribution is 8.23. The molecule has 5 nitrogen and oxygen atoms in total. The van der Waals surface area contributed by atoms with Crippen LogP contribution < -0.4 is 0 Å². The van der Waals surface area contributed by atoms with Crippen molar-refractivity contribution in [2.45, 2.75) is 71.2 Å². The van der Waals surface area contributed by atoms with Gasteiger partial charge in [0.15, 0.2) is 8.32 Å². The third-order valence-corrected chi connectivity index (χ3v) is 10.7. The van der Waals surface area contributed by atoms with Gasteiger partial charge in [-0.05, 0) is 56.0 Å². The lowest BCUT2D eigenvalue weighted by Gasteiger charge is -2.49. The Labute approximate surface area is 156 Å². The average molecular weight is 392 g/mol. The van der Waals surface area contributed by atoms with Crippen LogP contribution >= 0.6 is 24.0 Å². The molecular formula is C16H29NO4S2Si. The first-order chi connectivity index (χ1) is 10.8. The van der Waals surface area contributed by atoms with E-state index in [9.17, 15) is 9.59 Å². The molecule has 1 aliphatic rings. The highest BCUT2D eigenvalue weighted by Crippen LogP contribution is 2.43. The number of hydrogen-bond acceptors (Lipinski definition) is 6. The summed E-state index contributed by atoms with van der Waals surface area (Å²) in [5.41, 5.74) is 0. The fourth-order valence-corrected chi connectivity index (χ4v) is 5.41. The second-order valence-electron chi connectivity index (χ2n) is 7.53. The Morgan fingerprint density at radius 3 is 2.38 bits per heavy atom. The molecular weight excluding hydrogens is 362 g/mol. The van der Waals surface area contributed by atoms with Crippen molar-refractivity contribution in [1.82, 2.24) is 4.90 Å². The molecule has 8 heteroatoms. The minimum atomic E-state index is -2.01. The van der Waals surface area contributed by atoms with E-state index in [1.807, 2.05) is 13.8 Å². The molecule has 24 heavy (non-hydrogen) atoms. The molecule has 0 aromatic rings. The normalized spacial score (nSPS) is 22.8. The van der Waals surface area contributed by atoms with Crippen molar-refractivity contribution < 1.29 is 18.8 Å². The molecule has 138 valence electrons. The van der Waals surface area contributed by atoms with Crippen molar-refractivity contribution in [2.75, 3.05) is 6.61 Å². The van der Waals surface area contributed by atoms with Crippen molar-refractivity contribution in [1.29, 1.82) is 0 Å². The zero-order chi connectivity index (χ0) is 18.9. The fraction of sp³-hybridized carbons (Fsp3) is 0.812. The Morgan fingerprint density at radius 2 is 1.96 bits per heavy atom. The number of nitrogens with zero attached hydrogens (tertiary/aromatic N) is 1. The summed E-state index contributed by atoms with van der Waals surface area (Å²) in [4.78, 5) is 25.5. The topological polar surface area (TPSA) is 55.8 Å². The molecule has 1 saturated heterocycles. The molecule has 3 atom stereocenters. The molecule has 0 spiro atoms. The lowest BCUT2D eigenvalue weighted by atomic mass is 9.93. The summed E-state index contributed by atoms with van der Waals surface area (Å²) >= 11 is 6.43. The number of carbonyl (C=O) groups excluding carboxylic acids is 2. The van der Waals surface area contributed by atoms with Crippen molar-refractivity contribution in [3.05, 3.63) is 0 Å². The maximum atomic E-state index is 12.5. The lowest BCUT2D eigenvalue weighted by Crippen LogP contribution is -2.65. The predicted molar refractivity (Wildman–Crippen MR) is 104 cm³/mol. The number of likely N-dealkylation sites (tertiary alicyclic amines) is 1. The number of hydrogen-bond donors (Lipinski definition) is 0. The Bertz CT molecular complexity index is 519. The molecule has 0 aromatic heterocycles. The van der Waals surface area contributed by atoms with Gasteiger partial charge in [-0.25, -0.2) is 0 Å². The Kier molecular flexibility index (Phi) is 7.06. The SMILES string of the molecule is CCOC(=S)S[C@@H]1[C@@H]([C@@H](C)O[Si](C)(C)C(C)(C)C)C(=O)N1C(C)=O. The molecule has 1 heterocycles. The van der Waals surface area contributed by atoms with Crippen LogP contribution in [-0.2, 0) is 18.8 Å². The van der Waals surface area contributed by atoms with Crippen LogP contribution in [0.1, 0.15) is 41.5 Å². The molecule has 0 N–H and O–H groups in total. The van der Waals surface area contributed by atoms with E-state index in [0.29, 0.717) is 11.0 Å². The Morgan fingerprint density at radius 1 is 1.42 bits per heavy atom. The molecule has 0 unspecified atom stereocenters. The molecule has 1 fully saturated rings. The summed E-state index contributed by atoms with van der Waals surface area (Å²) in [6.07, 6.45) is -0.268. The average Bonchev–Trinajstić information content (AvgIpc) is 2.35. The largest absolute Gasteiger partial charge is 0.479 e.